The molecule has 1 aromatic heterocycles. The van der Waals surface area contributed by atoms with Crippen molar-refractivity contribution in [2.45, 2.75) is 13.0 Å². The van der Waals surface area contributed by atoms with E-state index in [1.807, 2.05) is 25.1 Å². The lowest BCUT2D eigenvalue weighted by atomic mass is 10.1. The Labute approximate surface area is 116 Å². The van der Waals surface area contributed by atoms with Gasteiger partial charge < -0.3 is 5.11 Å². The molecule has 0 spiro atoms. The molecule has 0 saturated heterocycles. The first-order chi connectivity index (χ1) is 8.00. The number of rotatable bonds is 2. The van der Waals surface area contributed by atoms with Crippen molar-refractivity contribution in [3.8, 4) is 0 Å². The lowest BCUT2D eigenvalue weighted by molar-refractivity contribution is 0.209. The van der Waals surface area contributed by atoms with Gasteiger partial charge in [0.25, 0.3) is 0 Å². The average Bonchev–Trinajstić information content (AvgIpc) is 2.62. The summed E-state index contributed by atoms with van der Waals surface area (Å²) in [7, 11) is 1.75. The highest BCUT2D eigenvalue weighted by Crippen LogP contribution is 2.29. The molecule has 90 valence electrons. The highest BCUT2D eigenvalue weighted by atomic mass is 79.9. The zero-order valence-electron chi connectivity index (χ0n) is 9.35. The van der Waals surface area contributed by atoms with Crippen molar-refractivity contribution in [3.05, 3.63) is 44.1 Å². The minimum absolute atomic E-state index is 0.559. The Kier molecular flexibility index (Phi) is 3.65. The number of halogens is 2. The van der Waals surface area contributed by atoms with Gasteiger partial charge in [0.2, 0.25) is 0 Å². The summed E-state index contributed by atoms with van der Waals surface area (Å²) in [4.78, 5) is 0. The van der Waals surface area contributed by atoms with Gasteiger partial charge in [-0.2, -0.15) is 0 Å². The normalized spacial score (nSPS) is 12.8. The number of hydrogen-bond donors (Lipinski definition) is 1. The number of aromatic nitrogens is 3. The van der Waals surface area contributed by atoms with Gasteiger partial charge in [-0.15, -0.1) is 5.10 Å². The Balaban J connectivity index is 2.43. The second-order valence-corrected chi connectivity index (χ2v) is 5.41. The molecule has 1 aromatic carbocycles. The Bertz CT molecular complexity index is 534. The van der Waals surface area contributed by atoms with Gasteiger partial charge >= 0.3 is 0 Å². The lowest BCUT2D eigenvalue weighted by Gasteiger charge is -2.12. The van der Waals surface area contributed by atoms with Crippen molar-refractivity contribution < 1.29 is 5.11 Å². The molecule has 0 fully saturated rings. The van der Waals surface area contributed by atoms with Crippen molar-refractivity contribution in [1.29, 1.82) is 0 Å². The molecule has 1 N–H and O–H groups in total. The molecule has 1 unspecified atom stereocenters. The SMILES string of the molecule is Cc1ccc(C(O)c2c(Br)nnn2C)cc1Br. The van der Waals surface area contributed by atoms with Crippen LogP contribution in [-0.2, 0) is 7.05 Å². The number of nitrogens with zero attached hydrogens (tertiary/aromatic N) is 3. The van der Waals surface area contributed by atoms with Crippen LogP contribution in [0.2, 0.25) is 0 Å². The first kappa shape index (κ1) is 12.7. The van der Waals surface area contributed by atoms with Crippen LogP contribution in [0.15, 0.2) is 27.3 Å². The zero-order chi connectivity index (χ0) is 12.6. The maximum atomic E-state index is 10.3. The van der Waals surface area contributed by atoms with E-state index in [0.717, 1.165) is 15.6 Å². The maximum Gasteiger partial charge on any atom is 0.154 e. The van der Waals surface area contributed by atoms with E-state index in [0.29, 0.717) is 10.3 Å². The first-order valence-corrected chi connectivity index (χ1v) is 6.58. The molecule has 2 rings (SSSR count). The molecule has 17 heavy (non-hydrogen) atoms. The highest BCUT2D eigenvalue weighted by Gasteiger charge is 2.19. The molecular formula is C11H11Br2N3O. The van der Waals surface area contributed by atoms with Gasteiger partial charge in [-0.05, 0) is 40.0 Å². The molecule has 0 aliphatic carbocycles. The van der Waals surface area contributed by atoms with Gasteiger partial charge in [0.1, 0.15) is 11.8 Å². The number of aliphatic hydroxyl groups is 1. The minimum Gasteiger partial charge on any atom is -0.382 e. The zero-order valence-corrected chi connectivity index (χ0v) is 12.5. The second kappa shape index (κ2) is 4.88. The van der Waals surface area contributed by atoms with E-state index < -0.39 is 6.10 Å². The molecule has 6 heteroatoms. The quantitative estimate of drug-likeness (QED) is 0.895. The van der Waals surface area contributed by atoms with E-state index in [1.165, 1.54) is 0 Å². The third kappa shape index (κ3) is 2.43. The Hall–Kier alpha value is -0.720. The van der Waals surface area contributed by atoms with Gasteiger partial charge in [0.05, 0.1) is 0 Å². The molecule has 0 amide bonds. The van der Waals surface area contributed by atoms with Crippen LogP contribution in [0.1, 0.15) is 22.9 Å². The van der Waals surface area contributed by atoms with Crippen LogP contribution in [0.3, 0.4) is 0 Å². The molecule has 0 aliphatic rings. The van der Waals surface area contributed by atoms with Crippen LogP contribution in [0.25, 0.3) is 0 Å². The molecular weight excluding hydrogens is 350 g/mol. The molecule has 1 atom stereocenters. The van der Waals surface area contributed by atoms with Crippen LogP contribution in [0.5, 0.6) is 0 Å². The molecule has 0 radical (unpaired) electrons. The Morgan fingerprint density at radius 3 is 2.59 bits per heavy atom. The predicted molar refractivity (Wildman–Crippen MR) is 71.6 cm³/mol. The number of benzene rings is 1. The molecule has 0 bridgehead atoms. The molecule has 2 aromatic rings. The summed E-state index contributed by atoms with van der Waals surface area (Å²) in [5.74, 6) is 0. The first-order valence-electron chi connectivity index (χ1n) is 5.00. The van der Waals surface area contributed by atoms with Gasteiger partial charge in [-0.3, -0.25) is 0 Å². The lowest BCUT2D eigenvalue weighted by Crippen LogP contribution is -2.07. The van der Waals surface area contributed by atoms with E-state index in [9.17, 15) is 5.11 Å². The fourth-order valence-electron chi connectivity index (χ4n) is 1.57. The summed E-state index contributed by atoms with van der Waals surface area (Å²) >= 11 is 6.74. The second-order valence-electron chi connectivity index (χ2n) is 3.80. The topological polar surface area (TPSA) is 50.9 Å². The van der Waals surface area contributed by atoms with Gasteiger partial charge in [0, 0.05) is 11.5 Å². The third-order valence-electron chi connectivity index (χ3n) is 2.60. The minimum atomic E-state index is -0.749. The predicted octanol–water partition coefficient (Wildman–Crippen LogP) is 2.73. The summed E-state index contributed by atoms with van der Waals surface area (Å²) in [6.45, 7) is 2.00. The van der Waals surface area contributed by atoms with Crippen LogP contribution >= 0.6 is 31.9 Å². The van der Waals surface area contributed by atoms with Crippen molar-refractivity contribution in [2.24, 2.45) is 7.05 Å². The van der Waals surface area contributed by atoms with Crippen LogP contribution in [0.4, 0.5) is 0 Å². The molecule has 1 heterocycles. The van der Waals surface area contributed by atoms with Crippen molar-refractivity contribution in [3.63, 3.8) is 0 Å². The van der Waals surface area contributed by atoms with Crippen LogP contribution in [0, 0.1) is 6.92 Å². The highest BCUT2D eigenvalue weighted by molar-refractivity contribution is 9.10. The maximum absolute atomic E-state index is 10.3. The van der Waals surface area contributed by atoms with E-state index >= 15 is 0 Å². The van der Waals surface area contributed by atoms with Crippen molar-refractivity contribution in [1.82, 2.24) is 15.0 Å². The number of aliphatic hydroxyl groups excluding tert-OH is 1. The summed E-state index contributed by atoms with van der Waals surface area (Å²) in [6.07, 6.45) is -0.749. The third-order valence-corrected chi connectivity index (χ3v) is 4.02. The molecule has 0 saturated carbocycles. The average molecular weight is 361 g/mol. The van der Waals surface area contributed by atoms with E-state index in [1.54, 1.807) is 11.7 Å². The summed E-state index contributed by atoms with van der Waals surface area (Å²) in [6, 6.07) is 5.75. The smallest absolute Gasteiger partial charge is 0.154 e. The number of hydrogen-bond acceptors (Lipinski definition) is 3. The van der Waals surface area contributed by atoms with Gasteiger partial charge in [-0.25, -0.2) is 4.68 Å². The van der Waals surface area contributed by atoms with Crippen LogP contribution in [-0.4, -0.2) is 20.1 Å². The Morgan fingerprint density at radius 2 is 2.06 bits per heavy atom. The number of aryl methyl sites for hydroxylation is 2. The fraction of sp³-hybridized carbons (Fsp3) is 0.273. The van der Waals surface area contributed by atoms with Crippen molar-refractivity contribution >= 4 is 31.9 Å². The van der Waals surface area contributed by atoms with Gasteiger partial charge in [-0.1, -0.05) is 33.3 Å². The van der Waals surface area contributed by atoms with Crippen LogP contribution < -0.4 is 0 Å². The molecule has 4 nitrogen and oxygen atoms in total. The summed E-state index contributed by atoms with van der Waals surface area (Å²) in [5.41, 5.74) is 2.57. The van der Waals surface area contributed by atoms with Crippen molar-refractivity contribution in [2.75, 3.05) is 0 Å². The standard InChI is InChI=1S/C11H11Br2N3O/c1-6-3-4-7(5-8(6)12)10(17)9-11(13)14-15-16(9)2/h3-5,10,17H,1-2H3. The van der Waals surface area contributed by atoms with E-state index in [4.69, 9.17) is 0 Å². The van der Waals surface area contributed by atoms with E-state index in [2.05, 4.69) is 42.2 Å². The summed E-state index contributed by atoms with van der Waals surface area (Å²) in [5, 5.41) is 18.0. The van der Waals surface area contributed by atoms with Gasteiger partial charge in [0.15, 0.2) is 4.60 Å². The largest absolute Gasteiger partial charge is 0.382 e. The monoisotopic (exact) mass is 359 g/mol. The summed E-state index contributed by atoms with van der Waals surface area (Å²) < 4.78 is 3.09. The van der Waals surface area contributed by atoms with E-state index in [-0.39, 0.29) is 0 Å². The Morgan fingerprint density at radius 1 is 1.35 bits per heavy atom. The molecule has 0 aliphatic heterocycles. The fourth-order valence-corrected chi connectivity index (χ4v) is 2.51.